The molecule has 0 aliphatic heterocycles. The van der Waals surface area contributed by atoms with Crippen LogP contribution in [0.25, 0.3) is 0 Å². The van der Waals surface area contributed by atoms with Crippen LogP contribution in [-0.2, 0) is 17.1 Å². The smallest absolute Gasteiger partial charge is 0.267 e. The lowest BCUT2D eigenvalue weighted by Crippen LogP contribution is -2.17. The van der Waals surface area contributed by atoms with E-state index in [9.17, 15) is 8.42 Å². The highest BCUT2D eigenvalue weighted by Gasteiger charge is 2.23. The van der Waals surface area contributed by atoms with Gasteiger partial charge in [-0.25, -0.2) is 17.8 Å². The molecule has 2 rings (SSSR count). The van der Waals surface area contributed by atoms with E-state index in [2.05, 4.69) is 25.0 Å². The van der Waals surface area contributed by atoms with Crippen LogP contribution < -0.4 is 4.72 Å². The molecule has 2 heterocycles. The van der Waals surface area contributed by atoms with Gasteiger partial charge in [-0.05, 0) is 13.8 Å². The molecule has 2 aromatic heterocycles. The van der Waals surface area contributed by atoms with Crippen molar-refractivity contribution in [3.8, 4) is 0 Å². The summed E-state index contributed by atoms with van der Waals surface area (Å²) in [4.78, 5) is 3.94. The van der Waals surface area contributed by atoms with Crippen LogP contribution in [0.1, 0.15) is 11.4 Å². The largest absolute Gasteiger partial charge is 0.281 e. The highest BCUT2D eigenvalue weighted by atomic mass is 32.2. The minimum absolute atomic E-state index is 0.139. The predicted octanol–water partition coefficient (Wildman–Crippen LogP) is -0.0442. The summed E-state index contributed by atoms with van der Waals surface area (Å²) in [5, 5.41) is 10.3. The topological polar surface area (TPSA) is 106 Å². The minimum Gasteiger partial charge on any atom is -0.281 e. The molecule has 0 bridgehead atoms. The average molecular weight is 256 g/mol. The monoisotopic (exact) mass is 256 g/mol. The molecule has 0 unspecified atom stereocenters. The zero-order valence-electron chi connectivity index (χ0n) is 9.59. The second kappa shape index (κ2) is 3.84. The zero-order valence-corrected chi connectivity index (χ0v) is 10.4. The van der Waals surface area contributed by atoms with Crippen molar-refractivity contribution in [2.75, 3.05) is 4.72 Å². The summed E-state index contributed by atoms with van der Waals surface area (Å²) in [6.07, 6.45) is 1.27. The van der Waals surface area contributed by atoms with Crippen LogP contribution in [0.15, 0.2) is 11.2 Å². The third-order valence-electron chi connectivity index (χ3n) is 2.27. The van der Waals surface area contributed by atoms with Crippen LogP contribution >= 0.6 is 0 Å². The Morgan fingerprint density at radius 1 is 1.41 bits per heavy atom. The fourth-order valence-corrected chi connectivity index (χ4v) is 2.91. The van der Waals surface area contributed by atoms with Crippen molar-refractivity contribution in [2.45, 2.75) is 18.7 Å². The maximum absolute atomic E-state index is 12.1. The van der Waals surface area contributed by atoms with E-state index >= 15 is 0 Å². The molecule has 9 heteroatoms. The first kappa shape index (κ1) is 11.6. The van der Waals surface area contributed by atoms with E-state index in [0.717, 1.165) is 0 Å². The standard InChI is InChI=1S/C8H12N6O2S/c1-5-7(6(2)12-11-5)17(15,16)13-8-9-4-10-14(8)3/h4H,1-3H3,(H,11,12)(H,9,10,13). The number of aromatic nitrogens is 5. The first-order valence-corrected chi connectivity index (χ1v) is 6.28. The van der Waals surface area contributed by atoms with E-state index < -0.39 is 10.0 Å². The van der Waals surface area contributed by atoms with Crippen molar-refractivity contribution < 1.29 is 8.42 Å². The molecule has 92 valence electrons. The lowest BCUT2D eigenvalue weighted by atomic mass is 10.4. The summed E-state index contributed by atoms with van der Waals surface area (Å²) < 4.78 is 27.9. The molecule has 0 saturated carbocycles. The lowest BCUT2D eigenvalue weighted by Gasteiger charge is -2.06. The Kier molecular flexibility index (Phi) is 2.62. The first-order chi connectivity index (χ1) is 7.92. The summed E-state index contributed by atoms with van der Waals surface area (Å²) in [6.45, 7) is 3.26. The minimum atomic E-state index is -3.69. The second-order valence-electron chi connectivity index (χ2n) is 3.58. The van der Waals surface area contributed by atoms with Crippen molar-refractivity contribution in [1.29, 1.82) is 0 Å². The van der Waals surface area contributed by atoms with Crippen LogP contribution in [0.3, 0.4) is 0 Å². The number of sulfonamides is 1. The van der Waals surface area contributed by atoms with Crippen molar-refractivity contribution >= 4 is 16.0 Å². The van der Waals surface area contributed by atoms with Gasteiger partial charge in [0.1, 0.15) is 11.2 Å². The molecule has 8 nitrogen and oxygen atoms in total. The number of hydrogen-bond acceptors (Lipinski definition) is 5. The van der Waals surface area contributed by atoms with Crippen molar-refractivity contribution in [2.24, 2.45) is 7.05 Å². The van der Waals surface area contributed by atoms with Crippen LogP contribution in [-0.4, -0.2) is 33.4 Å². The Hall–Kier alpha value is -1.90. The van der Waals surface area contributed by atoms with Crippen molar-refractivity contribution in [1.82, 2.24) is 25.0 Å². The molecule has 0 fully saturated rings. The van der Waals surface area contributed by atoms with Gasteiger partial charge in [-0.15, -0.1) is 0 Å². The van der Waals surface area contributed by atoms with Crippen LogP contribution in [0.4, 0.5) is 5.95 Å². The molecule has 0 atom stereocenters. The number of rotatable bonds is 3. The molecule has 0 spiro atoms. The van der Waals surface area contributed by atoms with E-state index in [1.54, 1.807) is 20.9 Å². The number of anilines is 1. The highest BCUT2D eigenvalue weighted by Crippen LogP contribution is 2.19. The normalized spacial score (nSPS) is 11.7. The SMILES string of the molecule is Cc1n[nH]c(C)c1S(=O)(=O)Nc1ncnn1C. The van der Waals surface area contributed by atoms with Crippen LogP contribution in [0.2, 0.25) is 0 Å². The van der Waals surface area contributed by atoms with Gasteiger partial charge in [-0.2, -0.15) is 15.2 Å². The molecule has 2 N–H and O–H groups in total. The molecule has 0 saturated heterocycles. The van der Waals surface area contributed by atoms with Crippen LogP contribution in [0, 0.1) is 13.8 Å². The summed E-state index contributed by atoms with van der Waals surface area (Å²) >= 11 is 0. The summed E-state index contributed by atoms with van der Waals surface area (Å²) in [5.41, 5.74) is 0.898. The lowest BCUT2D eigenvalue weighted by molar-refractivity contribution is 0.599. The van der Waals surface area contributed by atoms with Gasteiger partial charge in [0.25, 0.3) is 10.0 Å². The molecular weight excluding hydrogens is 244 g/mol. The molecule has 2 aromatic rings. The molecule has 0 aliphatic rings. The Bertz CT molecular complexity index is 621. The number of nitrogens with one attached hydrogen (secondary N) is 2. The van der Waals surface area contributed by atoms with Gasteiger partial charge in [0, 0.05) is 7.05 Å². The Labute approximate surface area is 98.1 Å². The number of nitrogens with zero attached hydrogens (tertiary/aromatic N) is 4. The maximum atomic E-state index is 12.1. The Morgan fingerprint density at radius 3 is 2.59 bits per heavy atom. The third kappa shape index (κ3) is 2.00. The van der Waals surface area contributed by atoms with Crippen molar-refractivity contribution in [3.63, 3.8) is 0 Å². The molecule has 0 radical (unpaired) electrons. The van der Waals surface area contributed by atoms with E-state index in [1.807, 2.05) is 0 Å². The second-order valence-corrected chi connectivity index (χ2v) is 5.20. The quantitative estimate of drug-likeness (QED) is 0.801. The van der Waals surface area contributed by atoms with E-state index in [4.69, 9.17) is 0 Å². The van der Waals surface area contributed by atoms with E-state index in [-0.39, 0.29) is 10.8 Å². The fourth-order valence-electron chi connectivity index (χ4n) is 1.50. The molecule has 0 aromatic carbocycles. The van der Waals surface area contributed by atoms with Gasteiger partial charge in [-0.1, -0.05) is 0 Å². The summed E-state index contributed by atoms with van der Waals surface area (Å²) in [7, 11) is -2.09. The average Bonchev–Trinajstić information content (AvgIpc) is 2.74. The van der Waals surface area contributed by atoms with Gasteiger partial charge < -0.3 is 0 Å². The predicted molar refractivity (Wildman–Crippen MR) is 59.9 cm³/mol. The molecular formula is C8H12N6O2S. The van der Waals surface area contributed by atoms with Gasteiger partial charge >= 0.3 is 0 Å². The van der Waals surface area contributed by atoms with Gasteiger partial charge in [0.05, 0.1) is 11.4 Å². The highest BCUT2D eigenvalue weighted by molar-refractivity contribution is 7.92. The molecule has 0 aliphatic carbocycles. The number of aryl methyl sites for hydroxylation is 3. The van der Waals surface area contributed by atoms with Gasteiger partial charge in [-0.3, -0.25) is 5.10 Å². The summed E-state index contributed by atoms with van der Waals surface area (Å²) in [6, 6.07) is 0. The third-order valence-corrected chi connectivity index (χ3v) is 3.86. The van der Waals surface area contributed by atoms with E-state index in [0.29, 0.717) is 11.4 Å². The zero-order chi connectivity index (χ0) is 12.6. The maximum Gasteiger partial charge on any atom is 0.267 e. The first-order valence-electron chi connectivity index (χ1n) is 4.80. The van der Waals surface area contributed by atoms with E-state index in [1.165, 1.54) is 11.0 Å². The number of hydrogen-bond donors (Lipinski definition) is 2. The Morgan fingerprint density at radius 2 is 2.12 bits per heavy atom. The number of H-pyrrole nitrogens is 1. The molecule has 17 heavy (non-hydrogen) atoms. The van der Waals surface area contributed by atoms with Gasteiger partial charge in [0.2, 0.25) is 5.95 Å². The summed E-state index contributed by atoms with van der Waals surface area (Å²) in [5.74, 6) is 0.157. The van der Waals surface area contributed by atoms with Gasteiger partial charge in [0.15, 0.2) is 0 Å². The van der Waals surface area contributed by atoms with Crippen LogP contribution in [0.5, 0.6) is 0 Å². The number of aromatic amines is 1. The molecule has 0 amide bonds. The Balaban J connectivity index is 2.42. The van der Waals surface area contributed by atoms with Crippen molar-refractivity contribution in [3.05, 3.63) is 17.7 Å². The fraction of sp³-hybridized carbons (Fsp3) is 0.375.